The first kappa shape index (κ1) is 19.0. The molecule has 0 unspecified atom stereocenters. The van der Waals surface area contributed by atoms with E-state index in [1.54, 1.807) is 30.3 Å². The molecule has 0 radical (unpaired) electrons. The lowest BCUT2D eigenvalue weighted by Crippen LogP contribution is -2.36. The second kappa shape index (κ2) is 8.73. The zero-order chi connectivity index (χ0) is 18.4. The summed E-state index contributed by atoms with van der Waals surface area (Å²) < 4.78 is 25.2. The van der Waals surface area contributed by atoms with Crippen molar-refractivity contribution in [3.63, 3.8) is 0 Å². The number of hydrogen-bond donors (Lipinski definition) is 0. The minimum absolute atomic E-state index is 0.0267. The molecule has 138 valence electrons. The Morgan fingerprint density at radius 3 is 2.15 bits per heavy atom. The van der Waals surface area contributed by atoms with Gasteiger partial charge in [0.05, 0.1) is 15.9 Å². The fraction of sp³-hybridized carbons (Fsp3) is 0.350. The van der Waals surface area contributed by atoms with Crippen LogP contribution in [0.1, 0.15) is 19.3 Å². The van der Waals surface area contributed by atoms with Crippen LogP contribution in [-0.2, 0) is 14.6 Å². The lowest BCUT2D eigenvalue weighted by molar-refractivity contribution is -0.129. The summed E-state index contributed by atoms with van der Waals surface area (Å²) in [5.41, 5.74) is 0. The van der Waals surface area contributed by atoms with Crippen molar-refractivity contribution in [2.75, 3.05) is 18.8 Å². The van der Waals surface area contributed by atoms with Crippen LogP contribution in [0.4, 0.5) is 0 Å². The van der Waals surface area contributed by atoms with E-state index in [9.17, 15) is 13.2 Å². The summed E-state index contributed by atoms with van der Waals surface area (Å²) in [7, 11) is -3.39. The first-order valence-corrected chi connectivity index (χ1v) is 11.4. The average Bonchev–Trinajstić information content (AvgIpc) is 3.21. The summed E-state index contributed by atoms with van der Waals surface area (Å²) in [4.78, 5) is 16.1. The standard InChI is InChI=1S/C20H23NO3S2/c22-20(21-14-7-8-15-21)19(25-17-9-3-1-4-10-17)13-16-26(23,24)18-11-5-2-6-12-18/h1-6,9-12,19H,7-8,13-16H2/t19-/m0/s1. The number of amides is 1. The van der Waals surface area contributed by atoms with Crippen molar-refractivity contribution in [1.82, 2.24) is 4.90 Å². The highest BCUT2D eigenvalue weighted by atomic mass is 32.2. The van der Waals surface area contributed by atoms with Crippen LogP contribution in [0.25, 0.3) is 0 Å². The third kappa shape index (κ3) is 4.89. The molecule has 0 bridgehead atoms. The molecule has 1 saturated heterocycles. The molecule has 0 spiro atoms. The number of carbonyl (C=O) groups is 1. The van der Waals surface area contributed by atoms with Gasteiger partial charge >= 0.3 is 0 Å². The third-order valence-corrected chi connectivity index (χ3v) is 7.50. The molecule has 4 nitrogen and oxygen atoms in total. The van der Waals surface area contributed by atoms with Crippen molar-refractivity contribution in [3.8, 4) is 0 Å². The molecule has 1 fully saturated rings. The fourth-order valence-electron chi connectivity index (χ4n) is 3.05. The first-order chi connectivity index (χ1) is 12.6. The van der Waals surface area contributed by atoms with Gasteiger partial charge < -0.3 is 4.90 Å². The molecule has 0 saturated carbocycles. The second-order valence-electron chi connectivity index (χ2n) is 6.37. The molecule has 2 aromatic carbocycles. The Kier molecular flexibility index (Phi) is 6.38. The second-order valence-corrected chi connectivity index (χ2v) is 9.76. The number of sulfone groups is 1. The van der Waals surface area contributed by atoms with E-state index in [0.717, 1.165) is 30.8 Å². The van der Waals surface area contributed by atoms with Crippen molar-refractivity contribution in [1.29, 1.82) is 0 Å². The molecule has 1 aliphatic heterocycles. The van der Waals surface area contributed by atoms with Gasteiger partial charge in [-0.1, -0.05) is 36.4 Å². The molecule has 0 aromatic heterocycles. The Balaban J connectivity index is 1.73. The molecule has 0 aliphatic carbocycles. The van der Waals surface area contributed by atoms with E-state index < -0.39 is 9.84 Å². The highest BCUT2D eigenvalue weighted by Crippen LogP contribution is 2.29. The number of rotatable bonds is 7. The minimum atomic E-state index is -3.39. The van der Waals surface area contributed by atoms with E-state index >= 15 is 0 Å². The lowest BCUT2D eigenvalue weighted by atomic mass is 10.3. The molecule has 26 heavy (non-hydrogen) atoms. The molecular weight excluding hydrogens is 366 g/mol. The Bertz CT molecular complexity index is 817. The smallest absolute Gasteiger partial charge is 0.236 e. The number of nitrogens with zero attached hydrogens (tertiary/aromatic N) is 1. The SMILES string of the molecule is O=C([C@H](CCS(=O)(=O)c1ccccc1)Sc1ccccc1)N1CCCC1. The van der Waals surface area contributed by atoms with Gasteiger partial charge in [0.25, 0.3) is 0 Å². The largest absolute Gasteiger partial charge is 0.342 e. The maximum Gasteiger partial charge on any atom is 0.236 e. The summed E-state index contributed by atoms with van der Waals surface area (Å²) in [6.45, 7) is 1.55. The van der Waals surface area contributed by atoms with E-state index in [1.807, 2.05) is 35.2 Å². The Hall–Kier alpha value is -1.79. The van der Waals surface area contributed by atoms with Crippen molar-refractivity contribution >= 4 is 27.5 Å². The quantitative estimate of drug-likeness (QED) is 0.679. The topological polar surface area (TPSA) is 54.5 Å². The van der Waals surface area contributed by atoms with Crippen LogP contribution in [0.5, 0.6) is 0 Å². The molecule has 1 aliphatic rings. The number of thioether (sulfide) groups is 1. The van der Waals surface area contributed by atoms with Crippen LogP contribution in [-0.4, -0.2) is 43.3 Å². The van der Waals surface area contributed by atoms with Gasteiger partial charge in [-0.3, -0.25) is 4.79 Å². The number of carbonyl (C=O) groups excluding carboxylic acids is 1. The molecule has 3 rings (SSSR count). The van der Waals surface area contributed by atoms with E-state index in [-0.39, 0.29) is 16.9 Å². The van der Waals surface area contributed by atoms with E-state index in [2.05, 4.69) is 0 Å². The molecule has 1 heterocycles. The monoisotopic (exact) mass is 389 g/mol. The molecule has 2 aromatic rings. The zero-order valence-electron chi connectivity index (χ0n) is 14.6. The van der Waals surface area contributed by atoms with Gasteiger partial charge in [0, 0.05) is 18.0 Å². The van der Waals surface area contributed by atoms with Crippen molar-refractivity contribution in [2.24, 2.45) is 0 Å². The maximum atomic E-state index is 12.9. The van der Waals surface area contributed by atoms with Gasteiger partial charge in [-0.2, -0.15) is 0 Å². The number of benzene rings is 2. The summed E-state index contributed by atoms with van der Waals surface area (Å²) in [5, 5.41) is -0.381. The van der Waals surface area contributed by atoms with E-state index in [1.165, 1.54) is 11.8 Å². The first-order valence-electron chi connectivity index (χ1n) is 8.84. The van der Waals surface area contributed by atoms with Gasteiger partial charge in [-0.15, -0.1) is 11.8 Å². The number of likely N-dealkylation sites (tertiary alicyclic amines) is 1. The molecule has 1 amide bonds. The summed E-state index contributed by atoms with van der Waals surface area (Å²) >= 11 is 1.46. The zero-order valence-corrected chi connectivity index (χ0v) is 16.2. The molecule has 0 N–H and O–H groups in total. The van der Waals surface area contributed by atoms with Crippen molar-refractivity contribution < 1.29 is 13.2 Å². The van der Waals surface area contributed by atoms with Crippen LogP contribution in [0.3, 0.4) is 0 Å². The molecule has 1 atom stereocenters. The van der Waals surface area contributed by atoms with Gasteiger partial charge in [0.15, 0.2) is 9.84 Å². The van der Waals surface area contributed by atoms with Gasteiger partial charge in [0.2, 0.25) is 5.91 Å². The Morgan fingerprint density at radius 2 is 1.54 bits per heavy atom. The van der Waals surface area contributed by atoms with Crippen LogP contribution in [0, 0.1) is 0 Å². The minimum Gasteiger partial charge on any atom is -0.342 e. The normalized spacial score (nSPS) is 15.8. The Morgan fingerprint density at radius 1 is 0.962 bits per heavy atom. The predicted octanol–water partition coefficient (Wildman–Crippen LogP) is 3.63. The maximum absolute atomic E-state index is 12.9. The average molecular weight is 390 g/mol. The third-order valence-electron chi connectivity index (χ3n) is 4.47. The van der Waals surface area contributed by atoms with Gasteiger partial charge in [-0.25, -0.2) is 8.42 Å². The summed E-state index contributed by atoms with van der Waals surface area (Å²) in [6.07, 6.45) is 2.36. The van der Waals surface area contributed by atoms with Crippen LogP contribution >= 0.6 is 11.8 Å². The lowest BCUT2D eigenvalue weighted by Gasteiger charge is -2.23. The van der Waals surface area contributed by atoms with E-state index in [0.29, 0.717) is 11.3 Å². The van der Waals surface area contributed by atoms with E-state index in [4.69, 9.17) is 0 Å². The van der Waals surface area contributed by atoms with Crippen molar-refractivity contribution in [3.05, 3.63) is 60.7 Å². The van der Waals surface area contributed by atoms with Crippen molar-refractivity contribution in [2.45, 2.75) is 34.3 Å². The van der Waals surface area contributed by atoms with Gasteiger partial charge in [-0.05, 0) is 43.5 Å². The highest BCUT2D eigenvalue weighted by Gasteiger charge is 2.29. The predicted molar refractivity (Wildman–Crippen MR) is 105 cm³/mol. The van der Waals surface area contributed by atoms with Crippen LogP contribution in [0.15, 0.2) is 70.5 Å². The Labute approximate surface area is 159 Å². The van der Waals surface area contributed by atoms with Crippen LogP contribution < -0.4 is 0 Å². The number of hydrogen-bond acceptors (Lipinski definition) is 4. The van der Waals surface area contributed by atoms with Gasteiger partial charge in [0.1, 0.15) is 0 Å². The fourth-order valence-corrected chi connectivity index (χ4v) is 5.68. The molecule has 6 heteroatoms. The van der Waals surface area contributed by atoms with Crippen LogP contribution in [0.2, 0.25) is 0 Å². The summed E-state index contributed by atoms with van der Waals surface area (Å²) in [6, 6.07) is 18.2. The molecular formula is C20H23NO3S2. The highest BCUT2D eigenvalue weighted by molar-refractivity contribution is 8.00. The summed E-state index contributed by atoms with van der Waals surface area (Å²) in [5.74, 6) is 0.0285.